The van der Waals surface area contributed by atoms with Crippen LogP contribution < -0.4 is 15.1 Å². The Labute approximate surface area is 154 Å². The van der Waals surface area contributed by atoms with Crippen molar-refractivity contribution in [2.75, 3.05) is 38.0 Å². The van der Waals surface area contributed by atoms with E-state index in [0.29, 0.717) is 0 Å². The molecule has 2 aromatic rings. The maximum Gasteiger partial charge on any atom is 0.416 e. The summed E-state index contributed by atoms with van der Waals surface area (Å²) in [6.45, 7) is 6.34. The molecule has 1 aliphatic heterocycles. The Kier molecular flexibility index (Phi) is 5.81. The number of piperazine rings is 1. The molecule has 2 heterocycles. The summed E-state index contributed by atoms with van der Waals surface area (Å²) < 4.78 is 43.3. The molecule has 0 unspecified atom stereocenters. The van der Waals surface area contributed by atoms with Gasteiger partial charge in [0.2, 0.25) is 0 Å². The molecule has 3 N–H and O–H groups in total. The van der Waals surface area contributed by atoms with Crippen molar-refractivity contribution in [3.8, 4) is 0 Å². The molecular weight excluding hydrogens is 361 g/mol. The molecule has 0 bridgehead atoms. The van der Waals surface area contributed by atoms with Gasteiger partial charge in [0.05, 0.1) is 5.56 Å². The summed E-state index contributed by atoms with van der Waals surface area (Å²) >= 11 is 0. The second kappa shape index (κ2) is 8.10. The molecular formula is C18H23F3N4O2+2. The van der Waals surface area contributed by atoms with E-state index in [4.69, 9.17) is 4.52 Å². The van der Waals surface area contributed by atoms with E-state index < -0.39 is 11.7 Å². The Balaban J connectivity index is 1.45. The number of alkyl halides is 3. The number of hydrogen-bond acceptors (Lipinski definition) is 3. The predicted octanol–water partition coefficient (Wildman–Crippen LogP) is -0.0761. The number of quaternary nitrogens is 2. The van der Waals surface area contributed by atoms with Crippen LogP contribution in [0.2, 0.25) is 0 Å². The highest BCUT2D eigenvalue weighted by molar-refractivity contribution is 5.91. The van der Waals surface area contributed by atoms with E-state index >= 15 is 0 Å². The van der Waals surface area contributed by atoms with Gasteiger partial charge in [-0.15, -0.1) is 0 Å². The lowest BCUT2D eigenvalue weighted by atomic mass is 10.2. The highest BCUT2D eigenvalue weighted by Gasteiger charge is 2.31. The van der Waals surface area contributed by atoms with Gasteiger partial charge < -0.3 is 19.6 Å². The maximum atomic E-state index is 12.7. The smallest absolute Gasteiger partial charge is 0.361 e. The van der Waals surface area contributed by atoms with Gasteiger partial charge in [-0.2, -0.15) is 13.2 Å². The van der Waals surface area contributed by atoms with Crippen LogP contribution in [0, 0.1) is 6.92 Å². The number of aromatic nitrogens is 1. The van der Waals surface area contributed by atoms with E-state index in [-0.39, 0.29) is 18.1 Å². The molecule has 0 saturated carbocycles. The van der Waals surface area contributed by atoms with Gasteiger partial charge in [0.25, 0.3) is 5.91 Å². The van der Waals surface area contributed by atoms with Crippen LogP contribution in [0.25, 0.3) is 0 Å². The van der Waals surface area contributed by atoms with Gasteiger partial charge in [-0.25, -0.2) is 0 Å². The lowest BCUT2D eigenvalue weighted by Crippen LogP contribution is -3.28. The van der Waals surface area contributed by atoms with Crippen LogP contribution in [0.1, 0.15) is 17.0 Å². The van der Waals surface area contributed by atoms with Gasteiger partial charge in [-0.1, -0.05) is 11.2 Å². The Hall–Kier alpha value is -2.39. The predicted molar refractivity (Wildman–Crippen MR) is 91.3 cm³/mol. The quantitative estimate of drug-likeness (QED) is 0.676. The molecule has 0 spiro atoms. The van der Waals surface area contributed by atoms with Crippen LogP contribution >= 0.6 is 0 Å². The third kappa shape index (κ3) is 5.54. The van der Waals surface area contributed by atoms with Crippen LogP contribution in [-0.4, -0.2) is 43.8 Å². The lowest BCUT2D eigenvalue weighted by Gasteiger charge is -2.28. The molecule has 0 radical (unpaired) electrons. The first-order valence-corrected chi connectivity index (χ1v) is 8.86. The number of nitrogens with one attached hydrogen (secondary N) is 3. The standard InChI is InChI=1S/C18H21F3N4O2/c1-13-9-16(23-27-13)11-24-5-7-25(8-6-24)12-17(26)22-15-4-2-3-14(10-15)18(19,20)21/h2-4,9-10H,5-8,11-12H2,1H3,(H,22,26)/p+2. The zero-order valence-electron chi connectivity index (χ0n) is 15.0. The molecule has 3 rings (SSSR count). The molecule has 1 fully saturated rings. The van der Waals surface area contributed by atoms with Crippen molar-refractivity contribution in [1.82, 2.24) is 5.16 Å². The van der Waals surface area contributed by atoms with Gasteiger partial charge in [0.15, 0.2) is 6.54 Å². The molecule has 27 heavy (non-hydrogen) atoms. The van der Waals surface area contributed by atoms with E-state index in [2.05, 4.69) is 10.5 Å². The Bertz CT molecular complexity index is 783. The Morgan fingerprint density at radius 2 is 1.89 bits per heavy atom. The molecule has 6 nitrogen and oxygen atoms in total. The van der Waals surface area contributed by atoms with Crippen molar-refractivity contribution in [2.45, 2.75) is 19.6 Å². The number of nitrogens with zero attached hydrogens (tertiary/aromatic N) is 1. The highest BCUT2D eigenvalue weighted by atomic mass is 19.4. The number of aryl methyl sites for hydroxylation is 1. The molecule has 0 aliphatic carbocycles. The molecule has 1 aromatic carbocycles. The van der Waals surface area contributed by atoms with Crippen LogP contribution in [0.15, 0.2) is 34.9 Å². The van der Waals surface area contributed by atoms with Crippen LogP contribution in [0.4, 0.5) is 18.9 Å². The molecule has 9 heteroatoms. The third-order valence-corrected chi connectivity index (χ3v) is 4.66. The first kappa shape index (κ1) is 19.4. The maximum absolute atomic E-state index is 12.7. The molecule has 1 aromatic heterocycles. The van der Waals surface area contributed by atoms with E-state index in [9.17, 15) is 18.0 Å². The zero-order chi connectivity index (χ0) is 19.4. The minimum atomic E-state index is -4.42. The monoisotopic (exact) mass is 384 g/mol. The number of anilines is 1. The Morgan fingerprint density at radius 1 is 1.19 bits per heavy atom. The number of hydrogen-bond donors (Lipinski definition) is 3. The number of carbonyl (C=O) groups is 1. The van der Waals surface area contributed by atoms with E-state index in [1.807, 2.05) is 13.0 Å². The van der Waals surface area contributed by atoms with Gasteiger partial charge in [-0.05, 0) is 25.1 Å². The van der Waals surface area contributed by atoms with Crippen LogP contribution in [0.3, 0.4) is 0 Å². The number of amides is 1. The number of benzene rings is 1. The summed E-state index contributed by atoms with van der Waals surface area (Å²) in [5, 5.41) is 6.57. The second-order valence-corrected chi connectivity index (χ2v) is 6.91. The topological polar surface area (TPSA) is 64.0 Å². The van der Waals surface area contributed by atoms with Gasteiger partial charge >= 0.3 is 6.18 Å². The average Bonchev–Trinajstić information content (AvgIpc) is 3.01. The van der Waals surface area contributed by atoms with E-state index in [1.165, 1.54) is 17.0 Å². The minimum absolute atomic E-state index is 0.167. The highest BCUT2D eigenvalue weighted by Crippen LogP contribution is 2.30. The zero-order valence-corrected chi connectivity index (χ0v) is 15.0. The first-order valence-electron chi connectivity index (χ1n) is 8.86. The first-order chi connectivity index (χ1) is 12.8. The fraction of sp³-hybridized carbons (Fsp3) is 0.444. The molecule has 0 atom stereocenters. The molecule has 1 saturated heterocycles. The van der Waals surface area contributed by atoms with Gasteiger partial charge in [0, 0.05) is 11.8 Å². The Morgan fingerprint density at radius 3 is 2.52 bits per heavy atom. The van der Waals surface area contributed by atoms with Crippen LogP contribution in [-0.2, 0) is 17.5 Å². The van der Waals surface area contributed by atoms with Gasteiger partial charge in [-0.3, -0.25) is 4.79 Å². The van der Waals surface area contributed by atoms with Crippen molar-refractivity contribution in [3.05, 3.63) is 47.3 Å². The summed E-state index contributed by atoms with van der Waals surface area (Å²) in [7, 11) is 0. The van der Waals surface area contributed by atoms with Crippen LogP contribution in [0.5, 0.6) is 0 Å². The lowest BCUT2D eigenvalue weighted by molar-refractivity contribution is -1.02. The summed E-state index contributed by atoms with van der Waals surface area (Å²) in [4.78, 5) is 14.7. The minimum Gasteiger partial charge on any atom is -0.361 e. The number of halogens is 3. The SMILES string of the molecule is Cc1cc(C[NH+]2CC[NH+](CC(=O)Nc3cccc(C(F)(F)F)c3)CC2)no1. The van der Waals surface area contributed by atoms with E-state index in [0.717, 1.165) is 61.2 Å². The van der Waals surface area contributed by atoms with Crippen molar-refractivity contribution in [2.24, 2.45) is 0 Å². The van der Waals surface area contributed by atoms with Crippen molar-refractivity contribution in [1.29, 1.82) is 0 Å². The fourth-order valence-corrected chi connectivity index (χ4v) is 3.27. The average molecular weight is 384 g/mol. The molecule has 1 aliphatic rings. The summed E-state index contributed by atoms with van der Waals surface area (Å²) in [5.41, 5.74) is 0.320. The van der Waals surface area contributed by atoms with Gasteiger partial charge in [0.1, 0.15) is 44.2 Å². The summed E-state index contributed by atoms with van der Waals surface area (Å²) in [6, 6.07) is 6.62. The fourth-order valence-electron chi connectivity index (χ4n) is 3.27. The molecule has 146 valence electrons. The number of carbonyl (C=O) groups excluding carboxylic acids is 1. The van der Waals surface area contributed by atoms with E-state index in [1.54, 1.807) is 0 Å². The van der Waals surface area contributed by atoms with Crippen molar-refractivity contribution in [3.63, 3.8) is 0 Å². The van der Waals surface area contributed by atoms with Crippen molar-refractivity contribution >= 4 is 11.6 Å². The molecule has 1 amide bonds. The summed E-state index contributed by atoms with van der Waals surface area (Å²) in [6.07, 6.45) is -4.42. The van der Waals surface area contributed by atoms with Crippen molar-refractivity contribution < 1.29 is 32.3 Å². The third-order valence-electron chi connectivity index (χ3n) is 4.66. The normalized spacial score (nSPS) is 20.4. The largest absolute Gasteiger partial charge is 0.416 e. The number of rotatable bonds is 5. The second-order valence-electron chi connectivity index (χ2n) is 6.91. The summed E-state index contributed by atoms with van der Waals surface area (Å²) in [5.74, 6) is 0.514.